The number of carboxylic acids is 1. The van der Waals surface area contributed by atoms with Gasteiger partial charge in [0.1, 0.15) is 11.6 Å². The number of carboxylic acid groups (broad SMARTS) is 1. The van der Waals surface area contributed by atoms with Gasteiger partial charge in [-0.15, -0.1) is 0 Å². The number of hydrogen-bond donors (Lipinski definition) is 2. The third kappa shape index (κ3) is 8.54. The minimum atomic E-state index is -1.03. The predicted octanol–water partition coefficient (Wildman–Crippen LogP) is 2.40. The number of nitrogens with one attached hydrogen (secondary N) is 1. The highest BCUT2D eigenvalue weighted by Crippen LogP contribution is 2.10. The summed E-state index contributed by atoms with van der Waals surface area (Å²) in [5.74, 6) is -0.631. The molecule has 1 atom stereocenters. The Labute approximate surface area is 103 Å². The molecular formula is C12H23NO4. The highest BCUT2D eigenvalue weighted by molar-refractivity contribution is 5.79. The fourth-order valence-corrected chi connectivity index (χ4v) is 1.21. The smallest absolute Gasteiger partial charge is 0.408 e. The molecule has 5 heteroatoms. The van der Waals surface area contributed by atoms with Crippen molar-refractivity contribution in [3.05, 3.63) is 0 Å². The van der Waals surface area contributed by atoms with E-state index in [0.717, 1.165) is 6.42 Å². The molecule has 0 rings (SSSR count). The van der Waals surface area contributed by atoms with Crippen molar-refractivity contribution in [1.29, 1.82) is 0 Å². The van der Waals surface area contributed by atoms with Crippen LogP contribution in [-0.4, -0.2) is 28.8 Å². The van der Waals surface area contributed by atoms with Crippen LogP contribution in [0.4, 0.5) is 4.79 Å². The van der Waals surface area contributed by atoms with E-state index in [0.29, 0.717) is 12.3 Å². The number of hydrogen-bond acceptors (Lipinski definition) is 3. The molecule has 2 N–H and O–H groups in total. The lowest BCUT2D eigenvalue weighted by molar-refractivity contribution is -0.139. The van der Waals surface area contributed by atoms with E-state index in [1.54, 1.807) is 20.8 Å². The van der Waals surface area contributed by atoms with Crippen molar-refractivity contribution in [3.63, 3.8) is 0 Å². The Morgan fingerprint density at radius 1 is 1.24 bits per heavy atom. The minimum Gasteiger partial charge on any atom is -0.480 e. The van der Waals surface area contributed by atoms with Gasteiger partial charge in [-0.05, 0) is 39.5 Å². The van der Waals surface area contributed by atoms with Gasteiger partial charge in [0.15, 0.2) is 0 Å². The van der Waals surface area contributed by atoms with E-state index in [-0.39, 0.29) is 0 Å². The normalized spacial score (nSPS) is 13.3. The number of carbonyl (C=O) groups is 2. The van der Waals surface area contributed by atoms with E-state index in [1.807, 2.05) is 13.8 Å². The summed E-state index contributed by atoms with van der Waals surface area (Å²) < 4.78 is 5.01. The van der Waals surface area contributed by atoms with E-state index in [4.69, 9.17) is 9.84 Å². The molecule has 0 unspecified atom stereocenters. The Morgan fingerprint density at radius 3 is 2.12 bits per heavy atom. The maximum absolute atomic E-state index is 11.4. The van der Waals surface area contributed by atoms with Crippen molar-refractivity contribution >= 4 is 12.1 Å². The Hall–Kier alpha value is -1.26. The first-order valence-electron chi connectivity index (χ1n) is 5.84. The first-order chi connectivity index (χ1) is 7.61. The van der Waals surface area contributed by atoms with Crippen LogP contribution in [-0.2, 0) is 9.53 Å². The first-order valence-corrected chi connectivity index (χ1v) is 5.84. The van der Waals surface area contributed by atoms with Crippen LogP contribution >= 0.6 is 0 Å². The lowest BCUT2D eigenvalue weighted by atomic mass is 10.0. The summed E-state index contributed by atoms with van der Waals surface area (Å²) in [7, 11) is 0. The van der Waals surface area contributed by atoms with Crippen molar-refractivity contribution in [2.24, 2.45) is 5.92 Å². The maximum Gasteiger partial charge on any atom is 0.408 e. The molecule has 0 saturated heterocycles. The highest BCUT2D eigenvalue weighted by atomic mass is 16.6. The fraction of sp³-hybridized carbons (Fsp3) is 0.833. The summed E-state index contributed by atoms with van der Waals surface area (Å²) >= 11 is 0. The average Bonchev–Trinajstić information content (AvgIpc) is 2.08. The number of amides is 1. The quantitative estimate of drug-likeness (QED) is 0.779. The zero-order chi connectivity index (χ0) is 13.6. The van der Waals surface area contributed by atoms with Gasteiger partial charge < -0.3 is 15.2 Å². The largest absolute Gasteiger partial charge is 0.480 e. The number of alkyl carbamates (subject to hydrolysis) is 1. The number of rotatable bonds is 5. The van der Waals surface area contributed by atoms with Gasteiger partial charge in [0.2, 0.25) is 0 Å². The molecular weight excluding hydrogens is 222 g/mol. The third-order valence-corrected chi connectivity index (χ3v) is 2.02. The second-order valence-electron chi connectivity index (χ2n) is 5.51. The monoisotopic (exact) mass is 245 g/mol. The molecule has 0 spiro atoms. The molecule has 0 heterocycles. The molecule has 0 aliphatic rings. The first kappa shape index (κ1) is 15.7. The van der Waals surface area contributed by atoms with E-state index in [2.05, 4.69) is 5.32 Å². The van der Waals surface area contributed by atoms with Gasteiger partial charge >= 0.3 is 12.1 Å². The van der Waals surface area contributed by atoms with Gasteiger partial charge in [-0.1, -0.05) is 13.8 Å². The van der Waals surface area contributed by atoms with Crippen molar-refractivity contribution in [2.45, 2.75) is 59.1 Å². The van der Waals surface area contributed by atoms with Crippen LogP contribution in [0.3, 0.4) is 0 Å². The fourth-order valence-electron chi connectivity index (χ4n) is 1.21. The third-order valence-electron chi connectivity index (χ3n) is 2.02. The molecule has 0 aromatic rings. The van der Waals surface area contributed by atoms with E-state index in [9.17, 15) is 9.59 Å². The molecule has 0 bridgehead atoms. The maximum atomic E-state index is 11.4. The minimum absolute atomic E-state index is 0.400. The summed E-state index contributed by atoms with van der Waals surface area (Å²) in [6.07, 6.45) is 0.465. The topological polar surface area (TPSA) is 75.6 Å². The van der Waals surface area contributed by atoms with E-state index >= 15 is 0 Å². The summed E-state index contributed by atoms with van der Waals surface area (Å²) in [6.45, 7) is 9.21. The van der Waals surface area contributed by atoms with Crippen LogP contribution in [0.2, 0.25) is 0 Å². The number of carbonyl (C=O) groups excluding carboxylic acids is 1. The second kappa shape index (κ2) is 6.47. The van der Waals surface area contributed by atoms with Crippen molar-refractivity contribution < 1.29 is 19.4 Å². The summed E-state index contributed by atoms with van der Waals surface area (Å²) in [4.78, 5) is 22.4. The molecule has 1 amide bonds. The number of aliphatic carboxylic acids is 1. The van der Waals surface area contributed by atoms with Crippen LogP contribution in [0.5, 0.6) is 0 Å². The summed E-state index contributed by atoms with van der Waals surface area (Å²) in [6, 6.07) is -0.882. The molecule has 17 heavy (non-hydrogen) atoms. The zero-order valence-corrected chi connectivity index (χ0v) is 11.2. The van der Waals surface area contributed by atoms with Gasteiger partial charge in [0, 0.05) is 0 Å². The predicted molar refractivity (Wildman–Crippen MR) is 64.9 cm³/mol. The van der Waals surface area contributed by atoms with Gasteiger partial charge in [-0.3, -0.25) is 0 Å². The zero-order valence-electron chi connectivity index (χ0n) is 11.2. The van der Waals surface area contributed by atoms with Crippen LogP contribution in [0.1, 0.15) is 47.5 Å². The Bertz CT molecular complexity index is 268. The van der Waals surface area contributed by atoms with Gasteiger partial charge in [0.25, 0.3) is 0 Å². The van der Waals surface area contributed by atoms with Crippen LogP contribution in [0.15, 0.2) is 0 Å². The SMILES string of the molecule is CC(C)CC[C@H](NC(=O)OC(C)(C)C)C(=O)O. The Balaban J connectivity index is 4.26. The van der Waals surface area contributed by atoms with Crippen LogP contribution in [0.25, 0.3) is 0 Å². The molecule has 0 fully saturated rings. The molecule has 0 aromatic heterocycles. The average molecular weight is 245 g/mol. The van der Waals surface area contributed by atoms with Crippen molar-refractivity contribution in [3.8, 4) is 0 Å². The van der Waals surface area contributed by atoms with Gasteiger partial charge in [-0.2, -0.15) is 0 Å². The van der Waals surface area contributed by atoms with Crippen LogP contribution in [0, 0.1) is 5.92 Å². The highest BCUT2D eigenvalue weighted by Gasteiger charge is 2.23. The molecule has 0 aliphatic heterocycles. The van der Waals surface area contributed by atoms with Crippen molar-refractivity contribution in [2.75, 3.05) is 0 Å². The van der Waals surface area contributed by atoms with Gasteiger partial charge in [0.05, 0.1) is 0 Å². The standard InChI is InChI=1S/C12H23NO4/c1-8(2)6-7-9(10(14)15)13-11(16)17-12(3,4)5/h8-9H,6-7H2,1-5H3,(H,13,16)(H,14,15)/t9-/m0/s1. The molecule has 100 valence electrons. The Kier molecular flexibility index (Phi) is 5.99. The molecule has 0 aliphatic carbocycles. The molecule has 5 nitrogen and oxygen atoms in total. The molecule has 0 radical (unpaired) electrons. The Morgan fingerprint density at radius 2 is 1.76 bits per heavy atom. The lowest BCUT2D eigenvalue weighted by Crippen LogP contribution is -2.43. The van der Waals surface area contributed by atoms with Crippen LogP contribution < -0.4 is 5.32 Å². The van der Waals surface area contributed by atoms with Crippen molar-refractivity contribution in [1.82, 2.24) is 5.32 Å². The van der Waals surface area contributed by atoms with E-state index < -0.39 is 23.7 Å². The molecule has 0 aromatic carbocycles. The number of ether oxygens (including phenoxy) is 1. The summed E-state index contributed by atoms with van der Waals surface area (Å²) in [5.41, 5.74) is -0.620. The summed E-state index contributed by atoms with van der Waals surface area (Å²) in [5, 5.41) is 11.3. The second-order valence-corrected chi connectivity index (χ2v) is 5.51. The lowest BCUT2D eigenvalue weighted by Gasteiger charge is -2.22. The molecule has 0 saturated carbocycles. The van der Waals surface area contributed by atoms with Gasteiger partial charge in [-0.25, -0.2) is 9.59 Å². The van der Waals surface area contributed by atoms with E-state index in [1.165, 1.54) is 0 Å².